The first-order chi connectivity index (χ1) is 11.5. The van der Waals surface area contributed by atoms with Crippen molar-refractivity contribution in [1.82, 2.24) is 5.32 Å². The minimum absolute atomic E-state index is 0.214. The summed E-state index contributed by atoms with van der Waals surface area (Å²) < 4.78 is 1.06. The maximum absolute atomic E-state index is 5.46. The van der Waals surface area contributed by atoms with Crippen LogP contribution >= 0.6 is 28.1 Å². The molecule has 0 aliphatic rings. The van der Waals surface area contributed by atoms with Crippen molar-refractivity contribution < 1.29 is 0 Å². The number of anilines is 1. The molecule has 2 aromatic carbocycles. The Bertz CT molecular complexity index is 652. The molecule has 0 spiro atoms. The summed E-state index contributed by atoms with van der Waals surface area (Å²) in [6.07, 6.45) is 2.14. The fourth-order valence-corrected chi connectivity index (χ4v) is 3.10. The van der Waals surface area contributed by atoms with Gasteiger partial charge >= 0.3 is 0 Å². The normalized spacial score (nSPS) is 13.2. The van der Waals surface area contributed by atoms with Gasteiger partial charge in [0, 0.05) is 10.2 Å². The number of rotatable bonds is 6. The molecule has 128 valence electrons. The van der Waals surface area contributed by atoms with E-state index in [0.29, 0.717) is 11.0 Å². The van der Waals surface area contributed by atoms with Gasteiger partial charge in [-0.05, 0) is 66.4 Å². The van der Waals surface area contributed by atoms with E-state index in [9.17, 15) is 0 Å². The molecule has 2 N–H and O–H groups in total. The second-order valence-electron chi connectivity index (χ2n) is 6.04. The molecule has 0 aliphatic carbocycles. The zero-order valence-corrected chi connectivity index (χ0v) is 16.9. The molecule has 0 bridgehead atoms. The summed E-state index contributed by atoms with van der Waals surface area (Å²) in [6.45, 7) is 6.66. The van der Waals surface area contributed by atoms with Crippen LogP contribution in [0.1, 0.15) is 56.7 Å². The van der Waals surface area contributed by atoms with Gasteiger partial charge in [-0.2, -0.15) is 0 Å². The Morgan fingerprint density at radius 2 is 1.54 bits per heavy atom. The molecule has 0 fully saturated rings. The maximum Gasteiger partial charge on any atom is 0.171 e. The molecule has 0 aliphatic heterocycles. The second-order valence-corrected chi connectivity index (χ2v) is 7.37. The standard InChI is InChI=1S/C20H25BrN2S/c1-4-14(3)15-6-8-16(9-7-15)19(5-2)23-20(24)22-18-12-10-17(21)11-13-18/h6-14,19H,4-5H2,1-3H3,(H2,22,23,24). The molecule has 0 saturated carbocycles. The van der Waals surface area contributed by atoms with Crippen LogP contribution in [0.4, 0.5) is 5.69 Å². The largest absolute Gasteiger partial charge is 0.356 e. The maximum atomic E-state index is 5.46. The van der Waals surface area contributed by atoms with Gasteiger partial charge in [0.2, 0.25) is 0 Å². The predicted molar refractivity (Wildman–Crippen MR) is 112 cm³/mol. The third-order valence-corrected chi connectivity index (χ3v) is 5.08. The van der Waals surface area contributed by atoms with Gasteiger partial charge in [-0.3, -0.25) is 0 Å². The highest BCUT2D eigenvalue weighted by Crippen LogP contribution is 2.23. The highest BCUT2D eigenvalue weighted by atomic mass is 79.9. The topological polar surface area (TPSA) is 24.1 Å². The molecule has 0 aromatic heterocycles. The third-order valence-electron chi connectivity index (χ3n) is 4.34. The number of thiocarbonyl (C=S) groups is 1. The van der Waals surface area contributed by atoms with E-state index in [1.165, 1.54) is 11.1 Å². The second kappa shape index (κ2) is 9.19. The molecule has 2 rings (SSSR count). The average molecular weight is 405 g/mol. The predicted octanol–water partition coefficient (Wildman–Crippen LogP) is 6.40. The summed E-state index contributed by atoms with van der Waals surface area (Å²) in [4.78, 5) is 0. The molecule has 2 atom stereocenters. The summed E-state index contributed by atoms with van der Waals surface area (Å²) in [7, 11) is 0. The van der Waals surface area contributed by atoms with E-state index in [2.05, 4.69) is 71.6 Å². The van der Waals surface area contributed by atoms with Gasteiger partial charge in [0.25, 0.3) is 0 Å². The zero-order valence-electron chi connectivity index (χ0n) is 14.5. The highest BCUT2D eigenvalue weighted by Gasteiger charge is 2.11. The van der Waals surface area contributed by atoms with Gasteiger partial charge in [-0.15, -0.1) is 0 Å². The molecule has 0 radical (unpaired) electrons. The Kier molecular flexibility index (Phi) is 7.25. The molecule has 2 unspecified atom stereocenters. The molecule has 0 heterocycles. The fraction of sp³-hybridized carbons (Fsp3) is 0.350. The lowest BCUT2D eigenvalue weighted by Crippen LogP contribution is -2.32. The monoisotopic (exact) mass is 404 g/mol. The van der Waals surface area contributed by atoms with E-state index in [1.807, 2.05) is 24.3 Å². The molecule has 2 nitrogen and oxygen atoms in total. The van der Waals surface area contributed by atoms with Crippen LogP contribution in [0, 0.1) is 0 Å². The summed E-state index contributed by atoms with van der Waals surface area (Å²) in [5, 5.41) is 7.31. The lowest BCUT2D eigenvalue weighted by molar-refractivity contribution is 0.628. The minimum atomic E-state index is 0.214. The van der Waals surface area contributed by atoms with Gasteiger partial charge < -0.3 is 10.6 Å². The molecule has 24 heavy (non-hydrogen) atoms. The number of nitrogens with one attached hydrogen (secondary N) is 2. The smallest absolute Gasteiger partial charge is 0.171 e. The van der Waals surface area contributed by atoms with Crippen LogP contribution in [0.5, 0.6) is 0 Å². The first-order valence-corrected chi connectivity index (χ1v) is 9.66. The van der Waals surface area contributed by atoms with Gasteiger partial charge in [-0.1, -0.05) is 61.0 Å². The fourth-order valence-electron chi connectivity index (χ4n) is 2.57. The number of halogens is 1. The molecule has 2 aromatic rings. The Hall–Kier alpha value is -1.39. The lowest BCUT2D eigenvalue weighted by Gasteiger charge is -2.21. The van der Waals surface area contributed by atoms with Crippen molar-refractivity contribution in [3.8, 4) is 0 Å². The quantitative estimate of drug-likeness (QED) is 0.544. The van der Waals surface area contributed by atoms with Crippen molar-refractivity contribution in [2.24, 2.45) is 0 Å². The van der Waals surface area contributed by atoms with Crippen LogP contribution in [-0.2, 0) is 0 Å². The van der Waals surface area contributed by atoms with Crippen molar-refractivity contribution in [1.29, 1.82) is 0 Å². The van der Waals surface area contributed by atoms with Crippen molar-refractivity contribution in [3.05, 3.63) is 64.1 Å². The summed E-state index contributed by atoms with van der Waals surface area (Å²) in [5.41, 5.74) is 3.65. The minimum Gasteiger partial charge on any atom is -0.356 e. The third kappa shape index (κ3) is 5.32. The molecule has 4 heteroatoms. The van der Waals surface area contributed by atoms with Crippen LogP contribution in [0.3, 0.4) is 0 Å². The number of hydrogen-bond donors (Lipinski definition) is 2. The van der Waals surface area contributed by atoms with Crippen molar-refractivity contribution in [2.75, 3.05) is 5.32 Å². The summed E-state index contributed by atoms with van der Waals surface area (Å²) in [5.74, 6) is 0.604. The Morgan fingerprint density at radius 1 is 0.958 bits per heavy atom. The van der Waals surface area contributed by atoms with Crippen molar-refractivity contribution in [3.63, 3.8) is 0 Å². The van der Waals surface area contributed by atoms with Crippen LogP contribution in [-0.4, -0.2) is 5.11 Å². The Labute approximate surface area is 159 Å². The highest BCUT2D eigenvalue weighted by molar-refractivity contribution is 9.10. The van der Waals surface area contributed by atoms with E-state index in [0.717, 1.165) is 23.0 Å². The van der Waals surface area contributed by atoms with Crippen LogP contribution in [0.2, 0.25) is 0 Å². The Balaban J connectivity index is 2.00. The first-order valence-electron chi connectivity index (χ1n) is 8.46. The van der Waals surface area contributed by atoms with E-state index in [4.69, 9.17) is 12.2 Å². The SMILES string of the molecule is CCC(C)c1ccc(C(CC)NC(=S)Nc2ccc(Br)cc2)cc1. The molecular weight excluding hydrogens is 380 g/mol. The summed E-state index contributed by atoms with van der Waals surface area (Å²) >= 11 is 8.90. The van der Waals surface area contributed by atoms with Crippen molar-refractivity contribution >= 4 is 38.9 Å². The van der Waals surface area contributed by atoms with Crippen molar-refractivity contribution in [2.45, 2.75) is 45.6 Å². The van der Waals surface area contributed by atoms with Gasteiger partial charge in [0.05, 0.1) is 6.04 Å². The van der Waals surface area contributed by atoms with Crippen LogP contribution < -0.4 is 10.6 Å². The van der Waals surface area contributed by atoms with Gasteiger partial charge in [-0.25, -0.2) is 0 Å². The molecule has 0 amide bonds. The van der Waals surface area contributed by atoms with E-state index < -0.39 is 0 Å². The van der Waals surface area contributed by atoms with Gasteiger partial charge in [0.15, 0.2) is 5.11 Å². The van der Waals surface area contributed by atoms with E-state index >= 15 is 0 Å². The number of hydrogen-bond acceptors (Lipinski definition) is 1. The molecule has 0 saturated heterocycles. The van der Waals surface area contributed by atoms with Crippen LogP contribution in [0.15, 0.2) is 53.0 Å². The van der Waals surface area contributed by atoms with Gasteiger partial charge in [0.1, 0.15) is 0 Å². The van der Waals surface area contributed by atoms with E-state index in [1.54, 1.807) is 0 Å². The average Bonchev–Trinajstić information content (AvgIpc) is 2.61. The first kappa shape index (κ1) is 18.9. The Morgan fingerprint density at radius 3 is 2.08 bits per heavy atom. The van der Waals surface area contributed by atoms with Crippen LogP contribution in [0.25, 0.3) is 0 Å². The lowest BCUT2D eigenvalue weighted by atomic mass is 9.95. The molecular formula is C20H25BrN2S. The summed E-state index contributed by atoms with van der Waals surface area (Å²) in [6, 6.07) is 17.1. The number of benzene rings is 2. The van der Waals surface area contributed by atoms with E-state index in [-0.39, 0.29) is 6.04 Å². The zero-order chi connectivity index (χ0) is 17.5.